The first-order valence-corrected chi connectivity index (χ1v) is 17.4. The maximum atomic E-state index is 5.47. The number of aromatic nitrogens is 1. The number of para-hydroxylation sites is 1. The van der Waals surface area contributed by atoms with Crippen molar-refractivity contribution in [3.63, 3.8) is 0 Å². The number of hydrogen-bond donors (Lipinski definition) is 1. The number of hydrogen-bond acceptors (Lipinski definition) is 3. The third-order valence-corrected chi connectivity index (χ3v) is 9.87. The highest BCUT2D eigenvalue weighted by atomic mass is 32.1. The molecule has 2 nitrogen and oxygen atoms in total. The Balaban J connectivity index is 1.79. The van der Waals surface area contributed by atoms with E-state index in [0.29, 0.717) is 29.6 Å². The van der Waals surface area contributed by atoms with Crippen LogP contribution in [0.15, 0.2) is 78.2 Å². The molecule has 0 saturated carbocycles. The lowest BCUT2D eigenvalue weighted by molar-refractivity contribution is 0.750. The minimum absolute atomic E-state index is 0.0721. The van der Waals surface area contributed by atoms with Crippen molar-refractivity contribution in [3.05, 3.63) is 117 Å². The van der Waals surface area contributed by atoms with Gasteiger partial charge in [0.1, 0.15) is 11.0 Å². The van der Waals surface area contributed by atoms with Gasteiger partial charge >= 0.3 is 0 Å². The van der Waals surface area contributed by atoms with Crippen LogP contribution in [0, 0.1) is 0 Å². The second-order valence-electron chi connectivity index (χ2n) is 13.9. The molecular formula is C41H50N2S. The van der Waals surface area contributed by atoms with E-state index in [2.05, 4.69) is 153 Å². The summed E-state index contributed by atoms with van der Waals surface area (Å²) in [4.78, 5) is 5.47. The average Bonchev–Trinajstić information content (AvgIpc) is 3.48. The van der Waals surface area contributed by atoms with Crippen LogP contribution in [0.2, 0.25) is 0 Å². The lowest BCUT2D eigenvalue weighted by Crippen LogP contribution is -2.20. The third-order valence-electron chi connectivity index (χ3n) is 8.96. The summed E-state index contributed by atoms with van der Waals surface area (Å²) in [7, 11) is 0. The van der Waals surface area contributed by atoms with Gasteiger partial charge in [-0.1, -0.05) is 142 Å². The van der Waals surface area contributed by atoms with Crippen molar-refractivity contribution in [2.45, 2.75) is 105 Å². The molecule has 3 heteroatoms. The maximum absolute atomic E-state index is 5.47. The van der Waals surface area contributed by atoms with Gasteiger partial charge in [-0.3, -0.25) is 0 Å². The van der Waals surface area contributed by atoms with Crippen molar-refractivity contribution in [1.29, 1.82) is 0 Å². The van der Waals surface area contributed by atoms with Crippen LogP contribution < -0.4 is 5.32 Å². The summed E-state index contributed by atoms with van der Waals surface area (Å²) in [5, 5.41) is 10.1. The predicted molar refractivity (Wildman–Crippen MR) is 194 cm³/mol. The first-order valence-electron chi connectivity index (χ1n) is 16.5. The molecular weight excluding hydrogens is 553 g/mol. The number of fused-ring (bicyclic) bond motifs is 1. The Morgan fingerprint density at radius 1 is 0.591 bits per heavy atom. The Morgan fingerprint density at radius 3 is 1.70 bits per heavy atom. The smallest absolute Gasteiger partial charge is 0.120 e. The van der Waals surface area contributed by atoms with Crippen molar-refractivity contribution in [2.75, 3.05) is 5.32 Å². The minimum Gasteiger partial charge on any atom is -0.372 e. The number of rotatable bonds is 10. The van der Waals surface area contributed by atoms with Crippen LogP contribution in [0.25, 0.3) is 22.0 Å². The molecule has 0 aliphatic carbocycles. The van der Waals surface area contributed by atoms with Crippen molar-refractivity contribution >= 4 is 27.8 Å². The molecule has 0 aliphatic rings. The monoisotopic (exact) mass is 602 g/mol. The van der Waals surface area contributed by atoms with E-state index in [1.165, 1.54) is 55.4 Å². The number of benzene rings is 4. The van der Waals surface area contributed by atoms with Crippen LogP contribution >= 0.6 is 11.3 Å². The van der Waals surface area contributed by atoms with Crippen LogP contribution in [-0.4, -0.2) is 4.98 Å². The van der Waals surface area contributed by atoms with Gasteiger partial charge in [0.2, 0.25) is 0 Å². The van der Waals surface area contributed by atoms with Crippen LogP contribution in [-0.2, 0) is 0 Å². The topological polar surface area (TPSA) is 24.9 Å². The summed E-state index contributed by atoms with van der Waals surface area (Å²) in [6.07, 6.45) is 0. The van der Waals surface area contributed by atoms with Gasteiger partial charge in [-0.25, -0.2) is 4.98 Å². The number of thiazole rings is 1. The van der Waals surface area contributed by atoms with Gasteiger partial charge in [0, 0.05) is 16.6 Å². The molecule has 44 heavy (non-hydrogen) atoms. The van der Waals surface area contributed by atoms with E-state index < -0.39 is 0 Å². The molecule has 5 aromatic rings. The van der Waals surface area contributed by atoms with E-state index >= 15 is 0 Å². The van der Waals surface area contributed by atoms with E-state index in [-0.39, 0.29) is 6.04 Å². The van der Waals surface area contributed by atoms with Gasteiger partial charge in [-0.2, -0.15) is 0 Å². The first kappa shape index (κ1) is 32.0. The van der Waals surface area contributed by atoms with Crippen molar-refractivity contribution in [3.8, 4) is 11.3 Å². The largest absolute Gasteiger partial charge is 0.372 e. The van der Waals surface area contributed by atoms with E-state index in [9.17, 15) is 0 Å². The second-order valence-corrected chi connectivity index (χ2v) is 14.8. The Hall–Kier alpha value is -3.43. The van der Waals surface area contributed by atoms with E-state index in [0.717, 1.165) is 10.7 Å². The third kappa shape index (κ3) is 6.35. The number of nitrogens with zero attached hydrogens (tertiary/aromatic N) is 1. The van der Waals surface area contributed by atoms with Crippen molar-refractivity contribution < 1.29 is 0 Å². The van der Waals surface area contributed by atoms with Crippen LogP contribution in [0.5, 0.6) is 0 Å². The molecule has 0 spiro atoms. The Morgan fingerprint density at radius 2 is 1.14 bits per heavy atom. The quantitative estimate of drug-likeness (QED) is 0.172. The molecule has 1 heterocycles. The van der Waals surface area contributed by atoms with Crippen LogP contribution in [0.1, 0.15) is 143 Å². The highest BCUT2D eigenvalue weighted by Gasteiger charge is 2.29. The molecule has 0 saturated heterocycles. The molecule has 230 valence electrons. The summed E-state index contributed by atoms with van der Waals surface area (Å²) in [5.41, 5.74) is 11.9. The van der Waals surface area contributed by atoms with Gasteiger partial charge in [0.15, 0.2) is 0 Å². The minimum atomic E-state index is -0.0721. The SMILES string of the molecule is CC(C)c1cc(C(C)C)c(C(Nc2c(C(C)C)cccc2C(C)C)c2nc(-c3cccc4ccccc34)cs2)c(C(C)C)c1. The molecule has 0 amide bonds. The summed E-state index contributed by atoms with van der Waals surface area (Å²) in [6.45, 7) is 23.2. The summed E-state index contributed by atoms with van der Waals surface area (Å²) < 4.78 is 0. The fraction of sp³-hybridized carbons (Fsp3) is 0.390. The molecule has 0 aliphatic heterocycles. The van der Waals surface area contributed by atoms with Crippen molar-refractivity contribution in [2.24, 2.45) is 0 Å². The van der Waals surface area contributed by atoms with E-state index in [1.54, 1.807) is 11.3 Å². The second kappa shape index (κ2) is 13.3. The lowest BCUT2D eigenvalue weighted by Gasteiger charge is -2.31. The Kier molecular flexibility index (Phi) is 9.65. The number of anilines is 1. The number of nitrogens with one attached hydrogen (secondary N) is 1. The molecule has 5 rings (SSSR count). The first-order chi connectivity index (χ1) is 21.0. The van der Waals surface area contributed by atoms with Crippen molar-refractivity contribution in [1.82, 2.24) is 4.98 Å². The zero-order valence-corrected chi connectivity index (χ0v) is 29.1. The molecule has 1 N–H and O–H groups in total. The van der Waals surface area contributed by atoms with E-state index in [1.807, 2.05) is 0 Å². The van der Waals surface area contributed by atoms with Gasteiger partial charge < -0.3 is 5.32 Å². The highest BCUT2D eigenvalue weighted by molar-refractivity contribution is 7.10. The van der Waals surface area contributed by atoms with Crippen LogP contribution in [0.3, 0.4) is 0 Å². The molecule has 1 unspecified atom stereocenters. The standard InChI is InChI=1S/C41H50N2S/c1-24(2)30-21-35(27(7)8)38(36(22-30)28(9)10)40(43-39-31(25(3)4)18-14-19-32(39)26(5)6)41-42-37(23-44-41)34-20-13-16-29-15-11-12-17-33(29)34/h11-28,40,43H,1-10H3. The van der Waals surface area contributed by atoms with Crippen LogP contribution in [0.4, 0.5) is 5.69 Å². The Labute approximate surface area is 270 Å². The Bertz CT molecular complexity index is 1680. The molecule has 0 bridgehead atoms. The summed E-state index contributed by atoms with van der Waals surface area (Å²) >= 11 is 1.78. The van der Waals surface area contributed by atoms with Gasteiger partial charge in [-0.15, -0.1) is 11.3 Å². The molecule has 4 aromatic carbocycles. The maximum Gasteiger partial charge on any atom is 0.120 e. The van der Waals surface area contributed by atoms with Gasteiger partial charge in [-0.05, 0) is 73.7 Å². The normalized spacial score (nSPS) is 12.8. The molecule has 0 radical (unpaired) electrons. The fourth-order valence-corrected chi connectivity index (χ4v) is 7.33. The summed E-state index contributed by atoms with van der Waals surface area (Å²) in [6, 6.07) is 26.9. The zero-order valence-electron chi connectivity index (χ0n) is 28.3. The lowest BCUT2D eigenvalue weighted by atomic mass is 9.81. The summed E-state index contributed by atoms with van der Waals surface area (Å²) in [5.74, 6) is 2.03. The van der Waals surface area contributed by atoms with Gasteiger partial charge in [0.25, 0.3) is 0 Å². The molecule has 1 atom stereocenters. The highest BCUT2D eigenvalue weighted by Crippen LogP contribution is 2.44. The average molecular weight is 603 g/mol. The molecule has 0 fully saturated rings. The predicted octanol–water partition coefficient (Wildman–Crippen LogP) is 12.8. The molecule has 1 aromatic heterocycles. The van der Waals surface area contributed by atoms with Gasteiger partial charge in [0.05, 0.1) is 5.69 Å². The zero-order chi connectivity index (χ0) is 31.7. The fourth-order valence-electron chi connectivity index (χ4n) is 6.46. The van der Waals surface area contributed by atoms with E-state index in [4.69, 9.17) is 4.98 Å².